The molecule has 10 heteroatoms. The molecule has 1 aromatic carbocycles. The lowest BCUT2D eigenvalue weighted by atomic mass is 10.1. The molecule has 0 atom stereocenters. The van der Waals surface area contributed by atoms with Crippen LogP contribution in [-0.2, 0) is 11.2 Å². The number of carbonyl (C=O) groups excluding carboxylic acids is 1. The van der Waals surface area contributed by atoms with Gasteiger partial charge >= 0.3 is 0 Å². The zero-order valence-electron chi connectivity index (χ0n) is 19.1. The lowest BCUT2D eigenvalue weighted by Gasteiger charge is -2.15. The van der Waals surface area contributed by atoms with Crippen LogP contribution in [-0.4, -0.2) is 59.3 Å². The Hall–Kier alpha value is -2.81. The molecule has 3 rings (SSSR count). The van der Waals surface area contributed by atoms with Gasteiger partial charge in [0.25, 0.3) is 0 Å². The number of amides is 1. The number of hydrogen-bond donors (Lipinski definition) is 3. The van der Waals surface area contributed by atoms with Gasteiger partial charge in [0.05, 0.1) is 11.4 Å². The van der Waals surface area contributed by atoms with Crippen LogP contribution >= 0.6 is 24.0 Å². The second-order valence-corrected chi connectivity index (χ2v) is 7.69. The summed E-state index contributed by atoms with van der Waals surface area (Å²) in [6, 6.07) is 11.8. The van der Waals surface area contributed by atoms with Gasteiger partial charge in [0.2, 0.25) is 5.91 Å². The Kier molecular flexibility index (Phi) is 11.0. The Bertz CT molecular complexity index is 967. The van der Waals surface area contributed by atoms with Gasteiger partial charge in [-0.15, -0.1) is 24.0 Å². The van der Waals surface area contributed by atoms with E-state index in [1.54, 1.807) is 4.68 Å². The van der Waals surface area contributed by atoms with Gasteiger partial charge in [0, 0.05) is 39.1 Å². The lowest BCUT2D eigenvalue weighted by Crippen LogP contribution is -2.38. The number of nitriles is 1. The Balaban J connectivity index is 0.00000385. The molecule has 33 heavy (non-hydrogen) atoms. The number of aromatic nitrogens is 2. The smallest absolute Gasteiger partial charge is 0.222 e. The van der Waals surface area contributed by atoms with E-state index in [0.29, 0.717) is 43.0 Å². The van der Waals surface area contributed by atoms with Crippen molar-refractivity contribution >= 4 is 41.7 Å². The summed E-state index contributed by atoms with van der Waals surface area (Å²) in [6.07, 6.45) is 3.92. The van der Waals surface area contributed by atoms with Crippen LogP contribution in [0.1, 0.15) is 43.9 Å². The van der Waals surface area contributed by atoms with Crippen molar-refractivity contribution in [1.82, 2.24) is 25.3 Å². The van der Waals surface area contributed by atoms with Crippen LogP contribution in [0.4, 0.5) is 5.82 Å². The number of carbonyl (C=O) groups is 1. The molecular formula is C23H33IN8O. The van der Waals surface area contributed by atoms with Crippen LogP contribution in [0.25, 0.3) is 5.69 Å². The number of halogens is 1. The number of anilines is 1. The maximum atomic E-state index is 11.7. The first-order chi connectivity index (χ1) is 15.6. The molecule has 1 aromatic heterocycles. The summed E-state index contributed by atoms with van der Waals surface area (Å²) in [5.74, 6) is 1.38. The fraction of sp³-hybridized carbons (Fsp3) is 0.478. The van der Waals surface area contributed by atoms with Crippen LogP contribution in [0.3, 0.4) is 0 Å². The second-order valence-electron chi connectivity index (χ2n) is 7.69. The Morgan fingerprint density at radius 2 is 2.06 bits per heavy atom. The number of aryl methyl sites for hydroxylation is 1. The zero-order valence-corrected chi connectivity index (χ0v) is 21.4. The third kappa shape index (κ3) is 7.35. The number of para-hydroxylation sites is 1. The molecule has 4 N–H and O–H groups in total. The van der Waals surface area contributed by atoms with E-state index in [0.717, 1.165) is 50.5 Å². The summed E-state index contributed by atoms with van der Waals surface area (Å²) >= 11 is 0. The summed E-state index contributed by atoms with van der Waals surface area (Å²) in [7, 11) is 0. The third-order valence-corrected chi connectivity index (χ3v) is 5.36. The fourth-order valence-electron chi connectivity index (χ4n) is 3.74. The fourth-order valence-corrected chi connectivity index (χ4v) is 3.74. The Morgan fingerprint density at radius 3 is 2.73 bits per heavy atom. The summed E-state index contributed by atoms with van der Waals surface area (Å²) < 4.78 is 1.62. The average molecular weight is 564 g/mol. The third-order valence-electron chi connectivity index (χ3n) is 5.36. The maximum Gasteiger partial charge on any atom is 0.222 e. The molecule has 2 heterocycles. The summed E-state index contributed by atoms with van der Waals surface area (Å²) in [6.45, 7) is 5.79. The van der Waals surface area contributed by atoms with Crippen LogP contribution in [0.2, 0.25) is 0 Å². The average Bonchev–Trinajstić information content (AvgIpc) is 3.36. The van der Waals surface area contributed by atoms with Crippen LogP contribution in [0.15, 0.2) is 35.3 Å². The molecule has 2 aromatic rings. The van der Waals surface area contributed by atoms with Gasteiger partial charge in [-0.1, -0.05) is 18.2 Å². The van der Waals surface area contributed by atoms with E-state index in [-0.39, 0.29) is 29.9 Å². The molecule has 1 fully saturated rings. The van der Waals surface area contributed by atoms with Crippen molar-refractivity contribution in [2.75, 3.05) is 38.5 Å². The van der Waals surface area contributed by atoms with E-state index in [9.17, 15) is 10.1 Å². The highest BCUT2D eigenvalue weighted by molar-refractivity contribution is 14.0. The number of benzene rings is 1. The Morgan fingerprint density at radius 1 is 1.27 bits per heavy atom. The number of nitrogens with two attached hydrogens (primary N) is 1. The van der Waals surface area contributed by atoms with Gasteiger partial charge in [0.15, 0.2) is 5.96 Å². The van der Waals surface area contributed by atoms with Crippen molar-refractivity contribution in [3.05, 3.63) is 41.6 Å². The molecule has 1 amide bonds. The zero-order chi connectivity index (χ0) is 22.8. The van der Waals surface area contributed by atoms with Crippen molar-refractivity contribution in [3.8, 4) is 11.8 Å². The van der Waals surface area contributed by atoms with Gasteiger partial charge in [0.1, 0.15) is 17.5 Å². The highest BCUT2D eigenvalue weighted by Crippen LogP contribution is 2.21. The van der Waals surface area contributed by atoms with Crippen molar-refractivity contribution in [2.45, 2.75) is 39.0 Å². The molecule has 0 bridgehead atoms. The molecule has 1 aliphatic rings. The monoisotopic (exact) mass is 564 g/mol. The first-order valence-electron chi connectivity index (χ1n) is 11.3. The predicted octanol–water partition coefficient (Wildman–Crippen LogP) is 2.44. The molecule has 1 aliphatic heterocycles. The van der Waals surface area contributed by atoms with Crippen molar-refractivity contribution in [3.63, 3.8) is 0 Å². The molecule has 0 unspecified atom stereocenters. The molecule has 0 saturated carbocycles. The molecular weight excluding hydrogens is 531 g/mol. The topological polar surface area (TPSA) is 124 Å². The molecule has 9 nitrogen and oxygen atoms in total. The number of hydrogen-bond acceptors (Lipinski definition) is 5. The standard InChI is InChI=1S/C23H32N8O.HI/c1-2-26-23(28-14-8-16-30-15-7-12-21(30)32)27-13-6-11-20-19(17-24)22(25)31(29-20)18-9-4-3-5-10-18;/h3-5,9-10H,2,6-8,11-16,25H2,1H3,(H2,26,27,28);1H. The number of guanidine groups is 1. The number of rotatable bonds is 10. The van der Waals surface area contributed by atoms with E-state index in [1.165, 1.54) is 0 Å². The van der Waals surface area contributed by atoms with Crippen molar-refractivity contribution in [2.24, 2.45) is 4.99 Å². The minimum atomic E-state index is 0. The van der Waals surface area contributed by atoms with E-state index in [2.05, 4.69) is 26.8 Å². The largest absolute Gasteiger partial charge is 0.382 e. The Labute approximate surface area is 212 Å². The normalized spacial score (nSPS) is 13.5. The predicted molar refractivity (Wildman–Crippen MR) is 141 cm³/mol. The number of nitrogens with zero attached hydrogens (tertiary/aromatic N) is 5. The van der Waals surface area contributed by atoms with Crippen LogP contribution in [0, 0.1) is 11.3 Å². The first kappa shape index (κ1) is 26.4. The SMILES string of the molecule is CCNC(=NCCCN1CCCC1=O)NCCCc1nn(-c2ccccc2)c(N)c1C#N.I. The van der Waals surface area contributed by atoms with Gasteiger partial charge < -0.3 is 21.3 Å². The minimum Gasteiger partial charge on any atom is -0.382 e. The van der Waals surface area contributed by atoms with E-state index in [1.807, 2.05) is 42.2 Å². The highest BCUT2D eigenvalue weighted by Gasteiger charge is 2.19. The summed E-state index contributed by atoms with van der Waals surface area (Å²) in [4.78, 5) is 18.2. The van der Waals surface area contributed by atoms with Gasteiger partial charge in [-0.25, -0.2) is 4.68 Å². The molecule has 0 spiro atoms. The lowest BCUT2D eigenvalue weighted by molar-refractivity contribution is -0.127. The van der Waals surface area contributed by atoms with Gasteiger partial charge in [-0.3, -0.25) is 9.79 Å². The van der Waals surface area contributed by atoms with E-state index in [4.69, 9.17) is 5.73 Å². The van der Waals surface area contributed by atoms with Gasteiger partial charge in [-0.2, -0.15) is 10.4 Å². The maximum absolute atomic E-state index is 11.7. The minimum absolute atomic E-state index is 0. The molecule has 0 radical (unpaired) electrons. The van der Waals surface area contributed by atoms with Crippen LogP contribution in [0.5, 0.6) is 0 Å². The van der Waals surface area contributed by atoms with Crippen molar-refractivity contribution in [1.29, 1.82) is 5.26 Å². The van der Waals surface area contributed by atoms with Crippen LogP contribution < -0.4 is 16.4 Å². The quantitative estimate of drug-likeness (QED) is 0.176. The first-order valence-corrected chi connectivity index (χ1v) is 11.3. The molecule has 1 saturated heterocycles. The number of aliphatic imine (C=N–C) groups is 1. The van der Waals surface area contributed by atoms with E-state index < -0.39 is 0 Å². The summed E-state index contributed by atoms with van der Waals surface area (Å²) in [5, 5.41) is 20.7. The second kappa shape index (κ2) is 13.7. The highest BCUT2D eigenvalue weighted by atomic mass is 127. The van der Waals surface area contributed by atoms with Gasteiger partial charge in [-0.05, 0) is 44.7 Å². The number of nitrogen functional groups attached to an aromatic ring is 1. The molecule has 178 valence electrons. The number of likely N-dealkylation sites (tertiary alicyclic amines) is 1. The van der Waals surface area contributed by atoms with Crippen molar-refractivity contribution < 1.29 is 4.79 Å². The number of nitrogens with one attached hydrogen (secondary N) is 2. The van der Waals surface area contributed by atoms with E-state index >= 15 is 0 Å². The molecule has 0 aliphatic carbocycles. The summed E-state index contributed by atoms with van der Waals surface area (Å²) in [5.41, 5.74) is 8.14.